The molecular formula is C117H216O22. The Labute approximate surface area is 850 Å². The Hall–Kier alpha value is -5.38. The minimum absolute atomic E-state index is 0. The van der Waals surface area contributed by atoms with Crippen molar-refractivity contribution < 1.29 is 105 Å². The molecule has 21 aliphatic rings. The van der Waals surface area contributed by atoms with Gasteiger partial charge in [-0.05, 0) is 391 Å². The van der Waals surface area contributed by atoms with E-state index in [0.717, 1.165) is 152 Å². The summed E-state index contributed by atoms with van der Waals surface area (Å²) in [5, 5.41) is 10.6. The standard InChI is InChI=1S/C30H46O5.C19H32O2.C16H22O6.C16H26O3.C14H26O2.C10H16O4.12CH4/c1-5-28(3,4)26(31)35-25-23-9-22-10-24(25)16-30(14-22,15-23)27(32)34-18(2)33-17-29-11-19-6-20(12-29)8-21(7-19)13-29;1-6-18(4,5)17(20)21-19(12(2)3)15-8-13-7-14(10-15)11-16(19)9-13;1-4-16(2,3)15(19)20-7-11(17)21-12-8-5-9-10(6-8)14(18)22-13(9)12;1-4-14(2,3)13(17)19-16-8-11-5-12(9-16)7-15(18,6-11)10-16;1-5-13(3,4)12(15)16-14(6-2)10-8-7-9-11-14;1-4-10(2,3)9(12)14-7-5-6-13-8(7)11;;;;;;;;;;;;/h18-25H,5-17H2,1-4H3;12-16H,6-11H2,1-5H3;8-10,12-13H,4-7H2,1-3H3;11-12,18H,4-10H2,1-3H3;5-11H2,1-4H3;7H,4-6H2,1-3H3;12*1H4. The molecule has 21 rings (SSSR count). The lowest BCUT2D eigenvalue weighted by atomic mass is 9.47. The predicted octanol–water partition coefficient (Wildman–Crippen LogP) is 28.6. The number of carbonyl (C=O) groups excluding carboxylic acids is 10. The van der Waals surface area contributed by atoms with Crippen LogP contribution in [-0.2, 0) is 100 Å². The van der Waals surface area contributed by atoms with Crippen molar-refractivity contribution in [3.05, 3.63) is 0 Å². The highest BCUT2D eigenvalue weighted by Crippen LogP contribution is 2.66. The second kappa shape index (κ2) is 51.8. The highest BCUT2D eigenvalue weighted by molar-refractivity contribution is 5.84. The van der Waals surface area contributed by atoms with Crippen molar-refractivity contribution in [2.75, 3.05) is 19.8 Å². The largest absolute Gasteiger partial charge is 0.463 e. The van der Waals surface area contributed by atoms with Crippen LogP contribution in [0, 0.1) is 138 Å². The summed E-state index contributed by atoms with van der Waals surface area (Å²) >= 11 is 0. The Morgan fingerprint density at radius 1 is 0.424 bits per heavy atom. The lowest BCUT2D eigenvalue weighted by molar-refractivity contribution is -0.231. The van der Waals surface area contributed by atoms with E-state index >= 15 is 0 Å². The molecule has 18 bridgehead atoms. The van der Waals surface area contributed by atoms with Crippen molar-refractivity contribution in [2.45, 2.75) is 532 Å². The maximum absolute atomic E-state index is 13.6. The number of esters is 10. The summed E-state index contributed by atoms with van der Waals surface area (Å²) < 4.78 is 62.2. The van der Waals surface area contributed by atoms with Gasteiger partial charge in [-0.25, -0.2) is 9.59 Å². The highest BCUT2D eigenvalue weighted by Gasteiger charge is 2.66. The Balaban J connectivity index is 0.00000166. The van der Waals surface area contributed by atoms with E-state index in [9.17, 15) is 53.1 Å². The second-order valence-corrected chi connectivity index (χ2v) is 48.5. The van der Waals surface area contributed by atoms with Gasteiger partial charge in [-0.1, -0.05) is 158 Å². The number of aliphatic hydroxyl groups is 1. The maximum Gasteiger partial charge on any atom is 0.347 e. The zero-order valence-electron chi connectivity index (χ0n) is 82.4. The fraction of sp³-hybridized carbons (Fsp3) is 0.915. The van der Waals surface area contributed by atoms with Gasteiger partial charge < -0.3 is 57.2 Å². The zero-order chi connectivity index (χ0) is 93.0. The molecular weight excluding hydrogens is 1760 g/mol. The zero-order valence-corrected chi connectivity index (χ0v) is 82.4. The first-order valence-corrected chi connectivity index (χ1v) is 50.8. The van der Waals surface area contributed by atoms with Gasteiger partial charge in [0.25, 0.3) is 0 Å². The summed E-state index contributed by atoms with van der Waals surface area (Å²) in [5.41, 5.74) is -3.99. The second-order valence-electron chi connectivity index (χ2n) is 48.5. The number of fused-ring (bicyclic) bond motifs is 1. The summed E-state index contributed by atoms with van der Waals surface area (Å²) in [6.45, 7) is 44.3. The lowest BCUT2D eigenvalue weighted by Crippen LogP contribution is -2.63. The molecule has 139 heavy (non-hydrogen) atoms. The number of hydrogen-bond acceptors (Lipinski definition) is 22. The summed E-state index contributed by atoms with van der Waals surface area (Å²) in [7, 11) is 0. The quantitative estimate of drug-likeness (QED) is 0.0454. The first-order chi connectivity index (χ1) is 59.4. The monoisotopic (exact) mass is 1970 g/mol. The van der Waals surface area contributed by atoms with Crippen molar-refractivity contribution in [1.29, 1.82) is 0 Å². The molecule has 0 aromatic carbocycles. The topological polar surface area (TPSA) is 292 Å². The first-order valence-electron chi connectivity index (χ1n) is 50.8. The molecule has 2 heterocycles. The molecule has 1 N–H and O–H groups in total. The summed E-state index contributed by atoms with van der Waals surface area (Å²) in [6.07, 6.45) is 36.7. The Bertz CT molecular complexity index is 3810. The van der Waals surface area contributed by atoms with Crippen LogP contribution in [0.25, 0.3) is 0 Å². The van der Waals surface area contributed by atoms with Gasteiger partial charge in [0.2, 0.25) is 6.10 Å². The van der Waals surface area contributed by atoms with Gasteiger partial charge in [0, 0.05) is 24.7 Å². The number of cyclic esters (lactones) is 1. The molecule has 22 heteroatoms. The smallest absolute Gasteiger partial charge is 0.347 e. The molecule has 816 valence electrons. The molecule has 2 saturated heterocycles. The van der Waals surface area contributed by atoms with Crippen molar-refractivity contribution in [2.24, 2.45) is 138 Å². The van der Waals surface area contributed by atoms with Crippen LogP contribution in [0.3, 0.4) is 0 Å². The first kappa shape index (κ1) is 134. The molecule has 0 aromatic heterocycles. The highest BCUT2D eigenvalue weighted by atomic mass is 16.7. The molecule has 0 amide bonds. The van der Waals surface area contributed by atoms with Gasteiger partial charge in [-0.2, -0.15) is 0 Å². The molecule has 21 fully saturated rings. The van der Waals surface area contributed by atoms with E-state index in [0.29, 0.717) is 73.2 Å². The van der Waals surface area contributed by atoms with E-state index < -0.39 is 63.0 Å². The Morgan fingerprint density at radius 3 is 1.29 bits per heavy atom. The third-order valence-corrected chi connectivity index (χ3v) is 36.3. The summed E-state index contributed by atoms with van der Waals surface area (Å²) in [5.74, 6) is 6.72. The van der Waals surface area contributed by atoms with Crippen LogP contribution in [0.4, 0.5) is 0 Å². The summed E-state index contributed by atoms with van der Waals surface area (Å²) in [4.78, 5) is 122. The summed E-state index contributed by atoms with van der Waals surface area (Å²) in [6, 6.07) is 0. The number of hydrogen-bond donors (Lipinski definition) is 1. The third kappa shape index (κ3) is 29.4. The molecule has 2 aliphatic heterocycles. The SMILES string of the molecule is C.C.C.C.C.C.C.C.C.C.C.C.CCC(C)(C)C(=O)OC1(C(C)C)C2CC3CC(C2)CC1C3.CCC(C)(C)C(=O)OC12CC3CC(CC(O)(C3)C1)C2.CCC(C)(C)C(=O)OC1C2CC3CC1CC(C(=O)OC(C)OCC14CC5CC(CC(C5)C1)C4)(C3)C2.CCC(C)(C)C(=O)OC1CCOC1=O.CCC(C)(C)C(=O)OCC(=O)OC1C2CC3C(=O)OC1C3C2.CCC1(OC(=O)C(C)(C)CC)CCCCC1. The average Bonchev–Trinajstić information content (AvgIpc) is 1.64. The normalized spacial score (nSPS) is 34.1. The van der Waals surface area contributed by atoms with Gasteiger partial charge in [0.1, 0.15) is 35.1 Å². The minimum atomic E-state index is -0.687. The van der Waals surface area contributed by atoms with E-state index in [2.05, 4.69) is 27.7 Å². The molecule has 22 nitrogen and oxygen atoms in total. The van der Waals surface area contributed by atoms with Crippen LogP contribution in [0.5, 0.6) is 0 Å². The van der Waals surface area contributed by atoms with Gasteiger partial charge in [0.15, 0.2) is 12.9 Å². The lowest BCUT2D eigenvalue weighted by Gasteiger charge is -2.62. The Morgan fingerprint density at radius 2 is 0.849 bits per heavy atom. The van der Waals surface area contributed by atoms with Crippen LogP contribution < -0.4 is 0 Å². The molecule has 0 radical (unpaired) electrons. The fourth-order valence-electron chi connectivity index (χ4n) is 27.2. The van der Waals surface area contributed by atoms with Crippen molar-refractivity contribution >= 4 is 59.7 Å². The van der Waals surface area contributed by atoms with E-state index in [-0.39, 0.29) is 213 Å². The Kier molecular flexibility index (Phi) is 49.8. The van der Waals surface area contributed by atoms with Crippen LogP contribution in [-0.4, -0.2) is 138 Å². The van der Waals surface area contributed by atoms with E-state index in [1.807, 2.05) is 96.9 Å². The molecule has 0 aromatic rings. The van der Waals surface area contributed by atoms with Crippen LogP contribution >= 0.6 is 0 Å². The van der Waals surface area contributed by atoms with Crippen molar-refractivity contribution in [1.82, 2.24) is 0 Å². The third-order valence-electron chi connectivity index (χ3n) is 36.3. The van der Waals surface area contributed by atoms with Gasteiger partial charge in [-0.15, -0.1) is 0 Å². The molecule has 0 spiro atoms. The number of rotatable bonds is 27. The fourth-order valence-corrected chi connectivity index (χ4v) is 27.2. The maximum atomic E-state index is 13.6. The number of ether oxygens (including phenoxy) is 11. The van der Waals surface area contributed by atoms with Gasteiger partial charge in [-0.3, -0.25) is 38.4 Å². The van der Waals surface area contributed by atoms with Gasteiger partial charge >= 0.3 is 59.7 Å². The van der Waals surface area contributed by atoms with Crippen LogP contribution in [0.15, 0.2) is 0 Å². The van der Waals surface area contributed by atoms with Crippen LogP contribution in [0.2, 0.25) is 0 Å². The van der Waals surface area contributed by atoms with Crippen molar-refractivity contribution in [3.8, 4) is 0 Å². The predicted molar refractivity (Wildman–Crippen MR) is 560 cm³/mol. The van der Waals surface area contributed by atoms with Crippen molar-refractivity contribution in [3.63, 3.8) is 0 Å². The molecule has 11 atom stereocenters. The molecule has 11 unspecified atom stereocenters. The average molecular weight is 1970 g/mol. The van der Waals surface area contributed by atoms with Crippen LogP contribution in [0.1, 0.15) is 479 Å². The van der Waals surface area contributed by atoms with E-state index in [1.165, 1.54) is 96.3 Å². The van der Waals surface area contributed by atoms with E-state index in [1.54, 1.807) is 27.7 Å². The molecule has 19 saturated carbocycles. The molecule has 19 aliphatic carbocycles. The van der Waals surface area contributed by atoms with Gasteiger partial charge in [0.05, 0.1) is 62.6 Å². The van der Waals surface area contributed by atoms with E-state index in [4.69, 9.17) is 52.1 Å². The minimum Gasteiger partial charge on any atom is -0.463 e. The number of carbonyl (C=O) groups is 10.